The number of hydrogen-bond acceptors (Lipinski definition) is 8. The average Bonchev–Trinajstić information content (AvgIpc) is 0.711. The largest absolute Gasteiger partial charge is 0.369 e. The molecule has 8 nitrogen and oxygen atoms in total. The number of allylic oxidation sites excluding steroid dienone is 14. The number of likely N-dealkylation sites (N-methyl/N-ethyl adjacent to an activating group) is 1. The molecular weight excluding hydrogens is 1250 g/mol. The fourth-order valence-electron chi connectivity index (χ4n) is 18.3. The summed E-state index contributed by atoms with van der Waals surface area (Å²) in [4.78, 5) is 39.2. The second-order valence-corrected chi connectivity index (χ2v) is 28.2. The van der Waals surface area contributed by atoms with Crippen LogP contribution in [0.2, 0.25) is 0 Å². The van der Waals surface area contributed by atoms with Gasteiger partial charge in [0.05, 0.1) is 66.4 Å². The van der Waals surface area contributed by atoms with Crippen LogP contribution in [0, 0.1) is 11.8 Å². The van der Waals surface area contributed by atoms with Gasteiger partial charge in [0.15, 0.2) is 0 Å². The monoisotopic (exact) mass is 1310 g/mol. The molecule has 0 saturated heterocycles. The SMILES string of the molecule is CN1CC=Cc2ccc3c(C4=C5C=CC6=CC=C(c7c8ccccc8nc8c7ccc7cccnc78)C7=CC=C(C=C4)C5C67)c4ccc(-c5ccnc6c5ccc5c(-c7ccc8ccc9cc(-c%10c%11ccccc%11nc%11c%10ccc%10cccnc%10%11)ccc9c8c7)c7ccccc7nc56)cc4nc3c21. The first-order valence-corrected chi connectivity index (χ1v) is 35.4. The Morgan fingerprint density at radius 1 is 0.330 bits per heavy atom. The summed E-state index contributed by atoms with van der Waals surface area (Å²) in [7, 11) is 2.19. The molecule has 4 aliphatic carbocycles. The van der Waals surface area contributed by atoms with Gasteiger partial charge in [-0.05, 0) is 137 Å². The van der Waals surface area contributed by atoms with E-state index < -0.39 is 0 Å². The molecule has 0 radical (unpaired) electrons. The maximum absolute atomic E-state index is 5.78. The zero-order valence-electron chi connectivity index (χ0n) is 55.7. The molecule has 8 heteroatoms. The predicted molar refractivity (Wildman–Crippen MR) is 428 cm³/mol. The van der Waals surface area contributed by atoms with Gasteiger partial charge < -0.3 is 4.90 Å². The van der Waals surface area contributed by atoms with Gasteiger partial charge in [0.1, 0.15) is 0 Å². The summed E-state index contributed by atoms with van der Waals surface area (Å²) >= 11 is 0. The van der Waals surface area contributed by atoms with Crippen molar-refractivity contribution in [1.82, 2.24) is 34.9 Å². The second kappa shape index (κ2) is 21.3. The van der Waals surface area contributed by atoms with Crippen LogP contribution in [0.1, 0.15) is 16.7 Å². The summed E-state index contributed by atoms with van der Waals surface area (Å²) in [5.74, 6) is 0.184. The molecule has 0 N–H and O–H groups in total. The van der Waals surface area contributed by atoms with Gasteiger partial charge in [-0.15, -0.1) is 0 Å². The second-order valence-electron chi connectivity index (χ2n) is 28.2. The average molecular weight is 1310 g/mol. The fourth-order valence-corrected chi connectivity index (χ4v) is 18.3. The lowest BCUT2D eigenvalue weighted by molar-refractivity contribution is 0.569. The number of fused-ring (bicyclic) bond motifs is 19. The first-order valence-electron chi connectivity index (χ1n) is 35.4. The zero-order valence-corrected chi connectivity index (χ0v) is 55.7. The maximum Gasteiger partial charge on any atom is 0.0978 e. The van der Waals surface area contributed by atoms with E-state index in [1.807, 2.05) is 30.7 Å². The van der Waals surface area contributed by atoms with Crippen LogP contribution in [0.4, 0.5) is 5.69 Å². The van der Waals surface area contributed by atoms with Gasteiger partial charge in [0.25, 0.3) is 0 Å². The topological polar surface area (TPSA) is 93.5 Å². The van der Waals surface area contributed by atoms with E-state index in [9.17, 15) is 0 Å². The molecule has 0 bridgehead atoms. The summed E-state index contributed by atoms with van der Waals surface area (Å²) in [5, 5.41) is 16.8. The highest BCUT2D eigenvalue weighted by molar-refractivity contribution is 6.23. The number of nitrogens with zero attached hydrogens (tertiary/aromatic N) is 8. The van der Waals surface area contributed by atoms with Crippen LogP contribution >= 0.6 is 0 Å². The molecule has 0 fully saturated rings. The summed E-state index contributed by atoms with van der Waals surface area (Å²) in [6, 6.07) is 79.4. The molecule has 0 saturated carbocycles. The van der Waals surface area contributed by atoms with E-state index in [0.717, 1.165) is 166 Å². The van der Waals surface area contributed by atoms with Gasteiger partial charge >= 0.3 is 0 Å². The van der Waals surface area contributed by atoms with Crippen molar-refractivity contribution in [1.29, 1.82) is 0 Å². The molecule has 5 aliphatic rings. The Bertz CT molecular complexity index is 7300. The van der Waals surface area contributed by atoms with Crippen molar-refractivity contribution in [2.24, 2.45) is 11.8 Å². The van der Waals surface area contributed by atoms with Gasteiger partial charge in [-0.2, -0.15) is 0 Å². The van der Waals surface area contributed by atoms with Gasteiger partial charge in [-0.25, -0.2) is 19.9 Å². The van der Waals surface area contributed by atoms with E-state index in [1.165, 1.54) is 71.7 Å². The van der Waals surface area contributed by atoms with Crippen molar-refractivity contribution in [3.05, 3.63) is 331 Å². The Labute approximate surface area is 590 Å². The van der Waals surface area contributed by atoms with Crippen LogP contribution in [0.3, 0.4) is 0 Å². The third kappa shape index (κ3) is 8.14. The number of rotatable bonds is 5. The van der Waals surface area contributed by atoms with E-state index in [-0.39, 0.29) is 11.8 Å². The molecule has 0 spiro atoms. The highest BCUT2D eigenvalue weighted by Gasteiger charge is 2.42. The lowest BCUT2D eigenvalue weighted by Crippen LogP contribution is -2.30. The molecule has 23 rings (SSSR count). The molecular formula is C95H56N8. The zero-order chi connectivity index (χ0) is 67.3. The van der Waals surface area contributed by atoms with E-state index >= 15 is 0 Å². The quantitative estimate of drug-likeness (QED) is 0.124. The van der Waals surface area contributed by atoms with Gasteiger partial charge in [0.2, 0.25) is 0 Å². The smallest absolute Gasteiger partial charge is 0.0978 e. The minimum Gasteiger partial charge on any atom is -0.369 e. The predicted octanol–water partition coefficient (Wildman–Crippen LogP) is 22.9. The van der Waals surface area contributed by atoms with Crippen molar-refractivity contribution < 1.29 is 0 Å². The third-order valence-electron chi connectivity index (χ3n) is 22.8. The lowest BCUT2D eigenvalue weighted by Gasteiger charge is -2.42. The van der Waals surface area contributed by atoms with E-state index in [4.69, 9.17) is 34.9 Å². The number of benzene rings is 11. The van der Waals surface area contributed by atoms with Gasteiger partial charge in [0, 0.05) is 126 Å². The third-order valence-corrected chi connectivity index (χ3v) is 22.8. The van der Waals surface area contributed by atoms with Crippen molar-refractivity contribution in [3.63, 3.8) is 0 Å². The van der Waals surface area contributed by atoms with E-state index in [1.54, 1.807) is 0 Å². The summed E-state index contributed by atoms with van der Waals surface area (Å²) < 4.78 is 0. The minimum absolute atomic E-state index is 0.0869. The van der Waals surface area contributed by atoms with Crippen LogP contribution in [0.15, 0.2) is 314 Å². The number of aromatic nitrogens is 7. The van der Waals surface area contributed by atoms with Crippen molar-refractivity contribution in [2.75, 3.05) is 18.5 Å². The number of hydrogen-bond donors (Lipinski definition) is 0. The lowest BCUT2D eigenvalue weighted by atomic mass is 9.61. The van der Waals surface area contributed by atoms with Crippen LogP contribution in [-0.2, 0) is 0 Å². The van der Waals surface area contributed by atoms with Crippen molar-refractivity contribution in [3.8, 4) is 33.4 Å². The fraction of sp³-hybridized carbons (Fsp3) is 0.0421. The first kappa shape index (κ1) is 56.4. The standard InChI is InChI=1S/C95H56N8/c1-103-48-10-13-57-30-41-76-87(67-37-27-54-24-34-64-66(36-26-53-25-35-65(67)85(54)84(53)64)86-71-16-4-7-19-80(71)100-92-75(86)40-29-56-12-9-46-97-89(56)92)72-38-31-59(51-81(72)102-94(76)95(57)103)63-44-47-98-90-68(63)42-43-74-83(70-15-3-6-18-79(70)101-93(74)90)61-23-21-52-20-22-58-49-60(32-33-62(58)77(52)50-61)82-69-14-2-5-17-78(69)99-91-73(82)39-28-55-11-8-45-96-88(55)91/h2-47,49-51,84-85H,48H2,1H3. The van der Waals surface area contributed by atoms with Gasteiger partial charge in [-0.3, -0.25) is 15.0 Å². The number of anilines is 1. The van der Waals surface area contributed by atoms with E-state index in [2.05, 4.69) is 279 Å². The van der Waals surface area contributed by atoms with Gasteiger partial charge in [-0.1, -0.05) is 225 Å². The Hall–Kier alpha value is -13.4. The normalized spacial score (nSPS) is 16.2. The summed E-state index contributed by atoms with van der Waals surface area (Å²) in [6.07, 6.45) is 29.3. The Morgan fingerprint density at radius 2 is 0.874 bits per heavy atom. The molecule has 7 aromatic heterocycles. The molecule has 11 aromatic carbocycles. The number of pyridine rings is 7. The summed E-state index contributed by atoms with van der Waals surface area (Å²) in [6.45, 7) is 0.797. The summed E-state index contributed by atoms with van der Waals surface area (Å²) in [5.41, 5.74) is 29.3. The molecule has 103 heavy (non-hydrogen) atoms. The van der Waals surface area contributed by atoms with Crippen LogP contribution in [0.5, 0.6) is 0 Å². The van der Waals surface area contributed by atoms with Crippen LogP contribution < -0.4 is 4.90 Å². The number of para-hydroxylation sites is 3. The Kier molecular flexibility index (Phi) is 11.7. The highest BCUT2D eigenvalue weighted by atomic mass is 15.1. The van der Waals surface area contributed by atoms with Crippen molar-refractivity contribution >= 4 is 164 Å². The molecule has 2 unspecified atom stereocenters. The molecule has 18 aromatic rings. The molecule has 476 valence electrons. The van der Waals surface area contributed by atoms with E-state index in [0.29, 0.717) is 0 Å². The Balaban J connectivity index is 0.661. The van der Waals surface area contributed by atoms with Crippen LogP contribution in [0.25, 0.3) is 192 Å². The maximum atomic E-state index is 5.78. The molecule has 2 atom stereocenters. The minimum atomic E-state index is 0.0869. The van der Waals surface area contributed by atoms with Crippen LogP contribution in [-0.4, -0.2) is 48.5 Å². The molecule has 8 heterocycles. The molecule has 0 amide bonds. The first-order chi connectivity index (χ1) is 51.0. The van der Waals surface area contributed by atoms with Crippen molar-refractivity contribution in [2.45, 2.75) is 0 Å². The molecule has 1 aliphatic heterocycles. The highest BCUT2D eigenvalue weighted by Crippen LogP contribution is 2.57. The Morgan fingerprint density at radius 3 is 1.63 bits per heavy atom.